The summed E-state index contributed by atoms with van der Waals surface area (Å²) in [6.07, 6.45) is 12.1. The number of halogens is 1. The van der Waals surface area contributed by atoms with E-state index in [1.165, 1.54) is 93.5 Å². The molecule has 1 aromatic carbocycles. The Balaban J connectivity index is 1.41. The maximum absolute atomic E-state index is 15.2. The maximum atomic E-state index is 15.2. The third kappa shape index (κ3) is 12.6. The van der Waals surface area contributed by atoms with Crippen molar-refractivity contribution >= 4 is 56.3 Å². The Morgan fingerprint density at radius 1 is 0.956 bits per heavy atom. The van der Waals surface area contributed by atoms with Crippen LogP contribution in [0.15, 0.2) is 18.2 Å². The van der Waals surface area contributed by atoms with Crippen LogP contribution in [0, 0.1) is 5.82 Å². The molecule has 2 aliphatic heterocycles. The first-order valence-electron chi connectivity index (χ1n) is 17.0. The van der Waals surface area contributed by atoms with Crippen LogP contribution in [0.25, 0.3) is 0 Å². The number of ether oxygens (including phenoxy) is 1. The molecule has 4 amide bonds. The van der Waals surface area contributed by atoms with Gasteiger partial charge in [-0.2, -0.15) is 0 Å². The Hall–Kier alpha value is -2.57. The van der Waals surface area contributed by atoms with Gasteiger partial charge in [0.1, 0.15) is 6.10 Å². The molecule has 2 N–H and O–H groups in total. The normalized spacial score (nSPS) is 17.6. The molecule has 2 unspecified atom stereocenters. The van der Waals surface area contributed by atoms with Crippen molar-refractivity contribution in [3.8, 4) is 0 Å². The minimum absolute atomic E-state index is 0.0261. The Labute approximate surface area is 278 Å². The average molecular weight is 739 g/mol. The fraction of sp³-hybridized carbons (Fsp3) is 0.697. The van der Waals surface area contributed by atoms with E-state index in [9.17, 15) is 19.2 Å². The van der Waals surface area contributed by atoms with E-state index in [-0.39, 0.29) is 30.8 Å². The summed E-state index contributed by atoms with van der Waals surface area (Å²) in [5.74, 6) is -0.873. The number of nitrogens with one attached hydrogen (secondary N) is 2. The van der Waals surface area contributed by atoms with Gasteiger partial charge in [0.15, 0.2) is 0 Å². The third-order valence-corrected chi connectivity index (χ3v) is 14.3. The quantitative estimate of drug-likeness (QED) is 0.161. The fourth-order valence-corrected chi connectivity index (χ4v) is 11.2. The first-order chi connectivity index (χ1) is 21.7. The van der Waals surface area contributed by atoms with Crippen LogP contribution in [-0.2, 0) is 19.1 Å². The summed E-state index contributed by atoms with van der Waals surface area (Å²) in [5.41, 5.74) is 0.807. The predicted molar refractivity (Wildman–Crippen MR) is 179 cm³/mol. The number of carbonyl (C=O) groups excluding carboxylic acids is 4. The van der Waals surface area contributed by atoms with E-state index in [1.807, 2.05) is 4.90 Å². The molecule has 2 atom stereocenters. The monoisotopic (exact) mass is 739 g/mol. The standard InChI is InChI=1S/C21H27FN5O5.C12H25.Sn.2H/c1-13(24-15(3)29)20(30)26-8-6-25(7-9-26)19-5-4-16(10-18(19)22)27-12-17(32-21(27)31)11-23-14(2)28;1-3-5-7-9-11-12-10-8-6-4-2;;;/h4-5,10,13,17H,1,6-9,11-12H2,2-3H3,(H,23,28)(H,24,29);1,3-12H2,2H3;;;. The van der Waals surface area contributed by atoms with Crippen LogP contribution in [0.3, 0.4) is 0 Å². The fourth-order valence-electron chi connectivity index (χ4n) is 6.10. The van der Waals surface area contributed by atoms with Gasteiger partial charge in [0.2, 0.25) is 5.91 Å². The Morgan fingerprint density at radius 3 is 2.20 bits per heavy atom. The number of amides is 4. The average Bonchev–Trinajstić information content (AvgIpc) is 3.39. The van der Waals surface area contributed by atoms with Gasteiger partial charge >= 0.3 is 228 Å². The number of hydrogen-bond acceptors (Lipinski definition) is 6. The van der Waals surface area contributed by atoms with Gasteiger partial charge in [0.25, 0.3) is 0 Å². The Bertz CT molecular complexity index is 1120. The van der Waals surface area contributed by atoms with Crippen LogP contribution in [0.5, 0.6) is 0 Å². The molecule has 0 aliphatic carbocycles. The molecule has 0 aromatic heterocycles. The topological polar surface area (TPSA) is 111 Å². The van der Waals surface area contributed by atoms with E-state index in [4.69, 9.17) is 4.74 Å². The van der Waals surface area contributed by atoms with E-state index in [0.29, 0.717) is 37.6 Å². The summed E-state index contributed by atoms with van der Waals surface area (Å²) in [6.45, 7) is 7.38. The second-order valence-corrected chi connectivity index (χ2v) is 18.1. The van der Waals surface area contributed by atoms with Crippen molar-refractivity contribution in [2.75, 3.05) is 49.1 Å². The van der Waals surface area contributed by atoms with Crippen molar-refractivity contribution in [1.82, 2.24) is 15.5 Å². The summed E-state index contributed by atoms with van der Waals surface area (Å²) < 4.78 is 22.6. The summed E-state index contributed by atoms with van der Waals surface area (Å²) in [7, 11) is 0. The molecule has 0 spiro atoms. The molecule has 45 heavy (non-hydrogen) atoms. The van der Waals surface area contributed by atoms with Gasteiger partial charge in [-0.3, -0.25) is 4.79 Å². The van der Waals surface area contributed by atoms with E-state index >= 15 is 4.39 Å². The molecule has 10 nitrogen and oxygen atoms in total. The van der Waals surface area contributed by atoms with Crippen LogP contribution >= 0.6 is 0 Å². The van der Waals surface area contributed by atoms with Gasteiger partial charge in [-0.15, -0.1) is 0 Å². The van der Waals surface area contributed by atoms with Crippen molar-refractivity contribution in [2.45, 2.75) is 106 Å². The van der Waals surface area contributed by atoms with Crippen molar-refractivity contribution in [3.63, 3.8) is 0 Å². The first-order valence-corrected chi connectivity index (χ1v) is 22.7. The van der Waals surface area contributed by atoms with Crippen molar-refractivity contribution in [2.24, 2.45) is 0 Å². The summed E-state index contributed by atoms with van der Waals surface area (Å²) >= 11 is -1.17. The number of anilines is 2. The number of benzene rings is 1. The minimum atomic E-state index is -1.17. The molecule has 0 bridgehead atoms. The molecule has 252 valence electrons. The van der Waals surface area contributed by atoms with Gasteiger partial charge in [-0.25, -0.2) is 4.79 Å². The van der Waals surface area contributed by atoms with E-state index in [1.54, 1.807) is 17.0 Å². The zero-order valence-corrected chi connectivity index (χ0v) is 31.6. The number of nitrogens with zero attached hydrogens (tertiary/aromatic N) is 3. The predicted octanol–water partition coefficient (Wildman–Crippen LogP) is 4.37. The second-order valence-electron chi connectivity index (χ2n) is 12.4. The zero-order valence-electron chi connectivity index (χ0n) is 27.6. The van der Waals surface area contributed by atoms with E-state index < -0.39 is 45.2 Å². The SMILES string of the molecule is CCCCCCCCCCC[CH2][SnH2][CH2]C(NC(C)=O)C(=O)N1CCN(c2ccc(N3CC(CNC(C)=O)OC3=O)cc2F)CC1. The first kappa shape index (κ1) is 36.9. The molecule has 2 heterocycles. The zero-order chi connectivity index (χ0) is 32.6. The molecule has 2 saturated heterocycles. The van der Waals surface area contributed by atoms with Crippen molar-refractivity contribution < 1.29 is 28.3 Å². The summed E-state index contributed by atoms with van der Waals surface area (Å²) in [6, 6.07) is 4.22. The van der Waals surface area contributed by atoms with Gasteiger partial charge in [-0.05, 0) is 0 Å². The van der Waals surface area contributed by atoms with Crippen LogP contribution in [-0.4, -0.2) is 101 Å². The number of cyclic esters (lactones) is 1. The molecule has 3 rings (SSSR count). The molecule has 0 saturated carbocycles. The van der Waals surface area contributed by atoms with Crippen LogP contribution in [0.4, 0.5) is 20.6 Å². The molecular formula is C33H54FN5O5Sn. The summed E-state index contributed by atoms with van der Waals surface area (Å²) in [5, 5.41) is 5.54. The Kier molecular flexibility index (Phi) is 16.3. The van der Waals surface area contributed by atoms with Crippen LogP contribution in [0.2, 0.25) is 8.87 Å². The van der Waals surface area contributed by atoms with Gasteiger partial charge in [0, 0.05) is 6.92 Å². The van der Waals surface area contributed by atoms with Crippen LogP contribution in [0.1, 0.15) is 85.0 Å². The van der Waals surface area contributed by atoms with Gasteiger partial charge < -0.3 is 10.1 Å². The Morgan fingerprint density at radius 2 is 1.60 bits per heavy atom. The van der Waals surface area contributed by atoms with E-state index in [2.05, 4.69) is 17.6 Å². The number of unbranched alkanes of at least 4 members (excludes halogenated alkanes) is 9. The second kappa shape index (κ2) is 19.8. The molecule has 0 radical (unpaired) electrons. The van der Waals surface area contributed by atoms with Crippen molar-refractivity contribution in [1.29, 1.82) is 0 Å². The molecule has 12 heteroatoms. The number of rotatable bonds is 19. The molecule has 2 fully saturated rings. The molecule has 2 aliphatic rings. The number of hydrogen-bond donors (Lipinski definition) is 2. The third-order valence-electron chi connectivity index (χ3n) is 8.65. The van der Waals surface area contributed by atoms with Crippen molar-refractivity contribution in [3.05, 3.63) is 24.0 Å². The van der Waals surface area contributed by atoms with Crippen LogP contribution < -0.4 is 20.4 Å². The summed E-state index contributed by atoms with van der Waals surface area (Å²) in [4.78, 5) is 53.8. The van der Waals surface area contributed by atoms with E-state index in [0.717, 1.165) is 4.44 Å². The number of piperazine rings is 1. The molecule has 1 aromatic rings. The van der Waals surface area contributed by atoms with Gasteiger partial charge in [-0.1, -0.05) is 0 Å². The number of carbonyl (C=O) groups is 4. The molecular weight excluding hydrogens is 684 g/mol. The van der Waals surface area contributed by atoms with Gasteiger partial charge in [0.05, 0.1) is 13.1 Å².